The molecule has 0 spiro atoms. The molecular formula is C8H17NO. The summed E-state index contributed by atoms with van der Waals surface area (Å²) in [6.45, 7) is 2.01. The molecule has 10 heavy (non-hydrogen) atoms. The molecule has 0 aromatic rings. The first-order valence-corrected chi connectivity index (χ1v) is 4.17. The SMILES string of the molecule is CC[C@]1(O)CCCC[C@@H]1N. The Hall–Kier alpha value is -0.0800. The third kappa shape index (κ3) is 1.32. The lowest BCUT2D eigenvalue weighted by Crippen LogP contribution is -2.49. The van der Waals surface area contributed by atoms with Crippen LogP contribution in [0.1, 0.15) is 39.0 Å². The molecule has 1 fully saturated rings. The van der Waals surface area contributed by atoms with Crippen molar-refractivity contribution < 1.29 is 5.11 Å². The summed E-state index contributed by atoms with van der Waals surface area (Å²) in [6, 6.07) is 0.0197. The van der Waals surface area contributed by atoms with Gasteiger partial charge in [0, 0.05) is 6.04 Å². The van der Waals surface area contributed by atoms with Crippen LogP contribution >= 0.6 is 0 Å². The van der Waals surface area contributed by atoms with Gasteiger partial charge in [-0.3, -0.25) is 0 Å². The Morgan fingerprint density at radius 3 is 2.70 bits per heavy atom. The van der Waals surface area contributed by atoms with Gasteiger partial charge in [-0.1, -0.05) is 19.8 Å². The van der Waals surface area contributed by atoms with Crippen LogP contribution in [-0.2, 0) is 0 Å². The number of hydrogen-bond donors (Lipinski definition) is 2. The number of rotatable bonds is 1. The van der Waals surface area contributed by atoms with Crippen LogP contribution < -0.4 is 5.73 Å². The summed E-state index contributed by atoms with van der Waals surface area (Å²) in [6.07, 6.45) is 5.00. The second-order valence-electron chi connectivity index (χ2n) is 3.31. The first-order valence-electron chi connectivity index (χ1n) is 4.17. The van der Waals surface area contributed by atoms with Gasteiger partial charge in [0.15, 0.2) is 0 Å². The van der Waals surface area contributed by atoms with Crippen molar-refractivity contribution in [3.63, 3.8) is 0 Å². The summed E-state index contributed by atoms with van der Waals surface area (Å²) in [4.78, 5) is 0. The normalized spacial score (nSPS) is 41.7. The van der Waals surface area contributed by atoms with E-state index in [2.05, 4.69) is 0 Å². The van der Waals surface area contributed by atoms with Gasteiger partial charge in [0.2, 0.25) is 0 Å². The summed E-state index contributed by atoms with van der Waals surface area (Å²) in [5.41, 5.74) is 5.23. The molecule has 2 heteroatoms. The molecule has 0 unspecified atom stereocenters. The number of nitrogens with two attached hydrogens (primary N) is 1. The molecule has 0 amide bonds. The molecule has 3 N–H and O–H groups in total. The lowest BCUT2D eigenvalue weighted by atomic mass is 9.79. The molecule has 0 saturated heterocycles. The average Bonchev–Trinajstić information content (AvgIpc) is 1.96. The highest BCUT2D eigenvalue weighted by Crippen LogP contribution is 2.29. The smallest absolute Gasteiger partial charge is 0.0795 e. The predicted octanol–water partition coefficient (Wildman–Crippen LogP) is 1.03. The molecule has 1 aliphatic rings. The highest BCUT2D eigenvalue weighted by Gasteiger charge is 2.34. The van der Waals surface area contributed by atoms with Gasteiger partial charge in [-0.15, -0.1) is 0 Å². The molecule has 2 nitrogen and oxygen atoms in total. The molecular weight excluding hydrogens is 126 g/mol. The third-order valence-corrected chi connectivity index (χ3v) is 2.68. The minimum atomic E-state index is -0.543. The maximum Gasteiger partial charge on any atom is 0.0795 e. The summed E-state index contributed by atoms with van der Waals surface area (Å²) in [5, 5.41) is 9.82. The maximum atomic E-state index is 9.82. The Balaban J connectivity index is 2.54. The monoisotopic (exact) mass is 143 g/mol. The van der Waals surface area contributed by atoms with Crippen molar-refractivity contribution >= 4 is 0 Å². The number of aliphatic hydroxyl groups is 1. The molecule has 60 valence electrons. The molecule has 0 aromatic carbocycles. The van der Waals surface area contributed by atoms with Gasteiger partial charge in [0.25, 0.3) is 0 Å². The van der Waals surface area contributed by atoms with E-state index in [0.717, 1.165) is 25.7 Å². The average molecular weight is 143 g/mol. The van der Waals surface area contributed by atoms with Gasteiger partial charge in [0.1, 0.15) is 0 Å². The van der Waals surface area contributed by atoms with Crippen molar-refractivity contribution in [3.05, 3.63) is 0 Å². The van der Waals surface area contributed by atoms with Crippen molar-refractivity contribution in [2.75, 3.05) is 0 Å². The van der Waals surface area contributed by atoms with E-state index < -0.39 is 5.60 Å². The Bertz CT molecular complexity index is 116. The van der Waals surface area contributed by atoms with Crippen LogP contribution in [0.2, 0.25) is 0 Å². The van der Waals surface area contributed by atoms with Gasteiger partial charge in [-0.05, 0) is 19.3 Å². The molecule has 1 aliphatic carbocycles. The van der Waals surface area contributed by atoms with Crippen molar-refractivity contribution in [1.29, 1.82) is 0 Å². The summed E-state index contributed by atoms with van der Waals surface area (Å²) >= 11 is 0. The van der Waals surface area contributed by atoms with Crippen LogP contribution in [0, 0.1) is 0 Å². The zero-order valence-electron chi connectivity index (χ0n) is 6.64. The molecule has 0 heterocycles. The third-order valence-electron chi connectivity index (χ3n) is 2.68. The lowest BCUT2D eigenvalue weighted by molar-refractivity contribution is -0.0173. The van der Waals surface area contributed by atoms with Crippen molar-refractivity contribution in [2.24, 2.45) is 5.73 Å². The Morgan fingerprint density at radius 2 is 2.30 bits per heavy atom. The van der Waals surface area contributed by atoms with Gasteiger partial charge in [-0.25, -0.2) is 0 Å². The minimum absolute atomic E-state index is 0.0197. The van der Waals surface area contributed by atoms with Gasteiger partial charge >= 0.3 is 0 Å². The highest BCUT2D eigenvalue weighted by molar-refractivity contribution is 4.91. The van der Waals surface area contributed by atoms with E-state index in [-0.39, 0.29) is 6.04 Å². The van der Waals surface area contributed by atoms with E-state index in [1.165, 1.54) is 6.42 Å². The lowest BCUT2D eigenvalue weighted by Gasteiger charge is -2.36. The molecule has 0 radical (unpaired) electrons. The van der Waals surface area contributed by atoms with E-state index in [0.29, 0.717) is 0 Å². The van der Waals surface area contributed by atoms with Crippen molar-refractivity contribution in [1.82, 2.24) is 0 Å². The van der Waals surface area contributed by atoms with E-state index >= 15 is 0 Å². The molecule has 0 aliphatic heterocycles. The second-order valence-corrected chi connectivity index (χ2v) is 3.31. The number of hydrogen-bond acceptors (Lipinski definition) is 2. The van der Waals surface area contributed by atoms with Crippen LogP contribution in [0.15, 0.2) is 0 Å². The van der Waals surface area contributed by atoms with E-state index in [9.17, 15) is 5.11 Å². The minimum Gasteiger partial charge on any atom is -0.388 e. The fourth-order valence-electron chi connectivity index (χ4n) is 1.69. The summed E-state index contributed by atoms with van der Waals surface area (Å²) < 4.78 is 0. The summed E-state index contributed by atoms with van der Waals surface area (Å²) in [7, 11) is 0. The maximum absolute atomic E-state index is 9.82. The van der Waals surface area contributed by atoms with Crippen molar-refractivity contribution in [3.8, 4) is 0 Å². The first kappa shape index (κ1) is 8.02. The Labute approximate surface area is 62.4 Å². The van der Waals surface area contributed by atoms with Gasteiger partial charge < -0.3 is 10.8 Å². The van der Waals surface area contributed by atoms with E-state index in [4.69, 9.17) is 5.73 Å². The topological polar surface area (TPSA) is 46.2 Å². The van der Waals surface area contributed by atoms with E-state index in [1.54, 1.807) is 0 Å². The molecule has 0 aromatic heterocycles. The standard InChI is InChI=1S/C8H17NO/c1-2-8(10)6-4-3-5-7(8)9/h7,10H,2-6,9H2,1H3/t7-,8-/m0/s1. The quantitative estimate of drug-likeness (QED) is 0.576. The van der Waals surface area contributed by atoms with Crippen LogP contribution in [0.4, 0.5) is 0 Å². The largest absolute Gasteiger partial charge is 0.388 e. The fourth-order valence-corrected chi connectivity index (χ4v) is 1.69. The van der Waals surface area contributed by atoms with Crippen LogP contribution in [-0.4, -0.2) is 16.7 Å². The van der Waals surface area contributed by atoms with Crippen LogP contribution in [0.25, 0.3) is 0 Å². The molecule has 1 saturated carbocycles. The van der Waals surface area contributed by atoms with Gasteiger partial charge in [-0.2, -0.15) is 0 Å². The highest BCUT2D eigenvalue weighted by atomic mass is 16.3. The fraction of sp³-hybridized carbons (Fsp3) is 1.00. The predicted molar refractivity (Wildman–Crippen MR) is 41.7 cm³/mol. The summed E-state index contributed by atoms with van der Waals surface area (Å²) in [5.74, 6) is 0. The second kappa shape index (κ2) is 2.89. The van der Waals surface area contributed by atoms with E-state index in [1.807, 2.05) is 6.92 Å². The van der Waals surface area contributed by atoms with Crippen molar-refractivity contribution in [2.45, 2.75) is 50.7 Å². The zero-order chi connectivity index (χ0) is 7.61. The zero-order valence-corrected chi connectivity index (χ0v) is 6.64. The first-order chi connectivity index (χ1) is 4.69. The van der Waals surface area contributed by atoms with Crippen LogP contribution in [0.5, 0.6) is 0 Å². The molecule has 0 bridgehead atoms. The molecule has 1 rings (SSSR count). The van der Waals surface area contributed by atoms with Crippen LogP contribution in [0.3, 0.4) is 0 Å². The Morgan fingerprint density at radius 1 is 1.60 bits per heavy atom. The Kier molecular flexibility index (Phi) is 2.32. The molecule has 2 atom stereocenters. The van der Waals surface area contributed by atoms with Gasteiger partial charge in [0.05, 0.1) is 5.60 Å².